The zero-order valence-electron chi connectivity index (χ0n) is 37.7. The minimum absolute atomic E-state index is 0.107. The number of nitrogens with zero attached hydrogens (tertiary/aromatic N) is 8. The average Bonchev–Trinajstić information content (AvgIpc) is 4.12. The first-order chi connectivity index (χ1) is 32.2. The molecule has 5 aliphatic heterocycles. The van der Waals surface area contributed by atoms with Gasteiger partial charge in [0.25, 0.3) is 5.56 Å². The van der Waals surface area contributed by atoms with E-state index in [-0.39, 0.29) is 46.8 Å². The number of carbonyl (C=O) groups is 2. The fourth-order valence-corrected chi connectivity index (χ4v) is 11.5. The molecule has 3 aromatic heterocycles. The molecule has 15 nitrogen and oxygen atoms in total. The van der Waals surface area contributed by atoms with Crippen molar-refractivity contribution in [2.24, 2.45) is 31.3 Å². The zero-order valence-corrected chi connectivity index (χ0v) is 38.5. The van der Waals surface area contributed by atoms with Crippen LogP contribution in [0.2, 0.25) is 5.02 Å². The van der Waals surface area contributed by atoms with Gasteiger partial charge in [0.05, 0.1) is 46.3 Å². The number of aromatic nitrogens is 5. The fraction of sp³-hybridized carbons (Fsp3) is 0.542. The van der Waals surface area contributed by atoms with Crippen LogP contribution < -0.4 is 36.0 Å². The number of anilines is 5. The van der Waals surface area contributed by atoms with Crippen LogP contribution in [-0.4, -0.2) is 105 Å². The maximum atomic E-state index is 15.8. The van der Waals surface area contributed by atoms with Gasteiger partial charge in [-0.05, 0) is 118 Å². The second kappa shape index (κ2) is 16.9. The van der Waals surface area contributed by atoms with E-state index in [0.29, 0.717) is 75.3 Å². The Morgan fingerprint density at radius 3 is 2.37 bits per heavy atom. The van der Waals surface area contributed by atoms with Gasteiger partial charge in [0.15, 0.2) is 12.4 Å². The molecule has 1 aliphatic carbocycles. The van der Waals surface area contributed by atoms with Crippen LogP contribution in [0.1, 0.15) is 75.8 Å². The number of carbonyl (C=O) groups excluding carboxylic acids is 2. The quantitative estimate of drug-likeness (QED) is 0.136. The first-order valence-electron chi connectivity index (χ1n) is 23.7. The van der Waals surface area contributed by atoms with Crippen molar-refractivity contribution >= 4 is 74.0 Å². The van der Waals surface area contributed by atoms with Gasteiger partial charge in [0.2, 0.25) is 23.5 Å². The molecule has 8 heterocycles. The highest BCUT2D eigenvalue weighted by Gasteiger charge is 2.51. The molecule has 6 aliphatic rings. The molecule has 19 heteroatoms. The Morgan fingerprint density at radius 2 is 1.64 bits per heavy atom. The number of likely N-dealkylation sites (tertiary alicyclic amines) is 1. The number of piperidine rings is 4. The minimum atomic E-state index is -3.13. The molecule has 0 bridgehead atoms. The third-order valence-corrected chi connectivity index (χ3v) is 15.9. The van der Waals surface area contributed by atoms with E-state index in [1.807, 2.05) is 25.2 Å². The smallest absolute Gasteiger partial charge is 0.301 e. The van der Waals surface area contributed by atoms with Crippen LogP contribution in [-0.2, 0) is 23.7 Å². The number of imide groups is 1. The molecular formula is C48H55ClF3N11O4. The summed E-state index contributed by atoms with van der Waals surface area (Å²) >= 11 is 6.66. The van der Waals surface area contributed by atoms with E-state index >= 15 is 13.2 Å². The maximum Gasteiger partial charge on any atom is 0.301 e. The van der Waals surface area contributed by atoms with Gasteiger partial charge in [-0.3, -0.25) is 24.4 Å². The monoisotopic (exact) mass is 941 g/mol. The second-order valence-corrected chi connectivity index (χ2v) is 20.3. The number of fused-ring (bicyclic) bond motifs is 4. The number of nitrogens with one attached hydrogen (secondary N) is 3. The lowest BCUT2D eigenvalue weighted by Gasteiger charge is -2.47. The van der Waals surface area contributed by atoms with E-state index in [1.165, 1.54) is 10.6 Å². The minimum Gasteiger partial charge on any atom is -0.480 e. The van der Waals surface area contributed by atoms with Crippen LogP contribution in [0.5, 0.6) is 5.75 Å². The number of alkyl halides is 2. The molecule has 67 heavy (non-hydrogen) atoms. The van der Waals surface area contributed by atoms with Crippen LogP contribution in [0.15, 0.2) is 41.3 Å². The van der Waals surface area contributed by atoms with Gasteiger partial charge < -0.3 is 34.6 Å². The molecule has 3 N–H and O–H groups in total. The van der Waals surface area contributed by atoms with Crippen molar-refractivity contribution in [3.63, 3.8) is 0 Å². The lowest BCUT2D eigenvalue weighted by molar-refractivity contribution is -0.134. The Morgan fingerprint density at radius 1 is 0.896 bits per heavy atom. The number of halogens is 4. The first-order valence-corrected chi connectivity index (χ1v) is 24.1. The van der Waals surface area contributed by atoms with Crippen molar-refractivity contribution in [3.8, 4) is 5.75 Å². The van der Waals surface area contributed by atoms with Crippen LogP contribution in [0.3, 0.4) is 0 Å². The Bertz CT molecular complexity index is 2840. The van der Waals surface area contributed by atoms with E-state index in [1.54, 1.807) is 24.0 Å². The standard InChI is InChI=1S/C48H55ClF3N11O4/c1-59-35-7-5-29(21-31(35)40-41(45(59)66)67-26-48(51,52)42(56-40)28-3-4-28)54-43-33(49)24-53-46(57-43)63-19-13-47(14-20-63)11-17-61(18-12-47)25-27-9-15-62(16-10-27)37-23-36-32(22-34(37)50)39(58-60(36)2)30-6-8-38(64)55-44(30)65/h5,7,21-24,27-28,30,42,56H,3-4,6,8-20,25-26H2,1-2H3,(H,53,54,57)(H,55,64,65)/t30?,42-/m0/s1. The predicted molar refractivity (Wildman–Crippen MR) is 250 cm³/mol. The van der Waals surface area contributed by atoms with Gasteiger partial charge in [-0.25, -0.2) is 18.2 Å². The van der Waals surface area contributed by atoms with Crippen LogP contribution in [0.4, 0.5) is 42.0 Å². The lowest BCUT2D eigenvalue weighted by Crippen LogP contribution is -2.48. The van der Waals surface area contributed by atoms with E-state index in [4.69, 9.17) is 21.3 Å². The molecule has 0 radical (unpaired) electrons. The molecule has 354 valence electrons. The van der Waals surface area contributed by atoms with E-state index in [2.05, 4.69) is 40.7 Å². The third kappa shape index (κ3) is 8.20. The number of hydrogen-bond acceptors (Lipinski definition) is 12. The molecule has 5 fully saturated rings. The summed E-state index contributed by atoms with van der Waals surface area (Å²) in [5, 5.41) is 14.9. The van der Waals surface area contributed by atoms with Crippen molar-refractivity contribution in [2.45, 2.75) is 82.1 Å². The summed E-state index contributed by atoms with van der Waals surface area (Å²) in [5.41, 5.74) is 3.12. The summed E-state index contributed by atoms with van der Waals surface area (Å²) < 4.78 is 54.8. The maximum absolute atomic E-state index is 15.8. The Labute approximate surface area is 390 Å². The lowest BCUT2D eigenvalue weighted by atomic mass is 9.71. The molecule has 1 spiro atoms. The number of rotatable bonds is 8. The van der Waals surface area contributed by atoms with Crippen molar-refractivity contribution in [3.05, 3.63) is 63.4 Å². The molecule has 5 aromatic rings. The summed E-state index contributed by atoms with van der Waals surface area (Å²) in [6.45, 7) is 5.49. The first kappa shape index (κ1) is 43.9. The van der Waals surface area contributed by atoms with Crippen LogP contribution in [0, 0.1) is 23.1 Å². The average molecular weight is 942 g/mol. The topological polar surface area (TPSA) is 155 Å². The van der Waals surface area contributed by atoms with Gasteiger partial charge in [0.1, 0.15) is 10.8 Å². The Balaban J connectivity index is 0.691. The normalized spacial score (nSPS) is 23.5. The summed E-state index contributed by atoms with van der Waals surface area (Å²) in [7, 11) is 3.42. The van der Waals surface area contributed by atoms with E-state index in [0.717, 1.165) is 89.9 Å². The van der Waals surface area contributed by atoms with E-state index in [9.17, 15) is 14.4 Å². The van der Waals surface area contributed by atoms with Crippen molar-refractivity contribution in [1.82, 2.24) is 34.5 Å². The highest BCUT2D eigenvalue weighted by Crippen LogP contribution is 2.47. The molecule has 2 amide bonds. The van der Waals surface area contributed by atoms with Gasteiger partial charge in [-0.2, -0.15) is 10.1 Å². The van der Waals surface area contributed by atoms with Gasteiger partial charge in [-0.1, -0.05) is 11.6 Å². The molecule has 2 aromatic carbocycles. The molecule has 1 saturated carbocycles. The summed E-state index contributed by atoms with van der Waals surface area (Å²) in [6.07, 6.45) is 9.93. The highest BCUT2D eigenvalue weighted by atomic mass is 35.5. The largest absolute Gasteiger partial charge is 0.480 e. The number of pyridine rings is 1. The van der Waals surface area contributed by atoms with Crippen LogP contribution >= 0.6 is 11.6 Å². The molecule has 1 unspecified atom stereocenters. The molecule has 2 atom stereocenters. The van der Waals surface area contributed by atoms with Crippen LogP contribution in [0.25, 0.3) is 21.8 Å². The number of ether oxygens (including phenoxy) is 1. The van der Waals surface area contributed by atoms with Gasteiger partial charge in [0, 0.05) is 69.7 Å². The number of benzene rings is 2. The van der Waals surface area contributed by atoms with Crippen molar-refractivity contribution in [2.75, 3.05) is 72.9 Å². The zero-order chi connectivity index (χ0) is 46.4. The van der Waals surface area contributed by atoms with Gasteiger partial charge in [-0.15, -0.1) is 0 Å². The predicted octanol–water partition coefficient (Wildman–Crippen LogP) is 7.09. The molecule has 11 rings (SSSR count). The summed E-state index contributed by atoms with van der Waals surface area (Å²) in [6, 6.07) is 7.64. The Kier molecular flexibility index (Phi) is 11.1. The second-order valence-electron chi connectivity index (χ2n) is 19.9. The van der Waals surface area contributed by atoms with Crippen molar-refractivity contribution in [1.29, 1.82) is 0 Å². The third-order valence-electron chi connectivity index (χ3n) is 15.6. The SMILES string of the molecule is Cn1nc(C2CCC(=O)NC2=O)c2cc(F)c(N3CCC(CN4CCC5(CC4)CCN(c4ncc(Cl)c(Nc6ccc7c(c6)c6c(c(=O)n7C)OCC(F)(F)[C@H](C7CC7)N6)n4)CC5)CC3)cc21. The fourth-order valence-electron chi connectivity index (χ4n) is 11.4. The number of hydrogen-bond donors (Lipinski definition) is 3. The number of amides is 2. The number of aryl methyl sites for hydroxylation is 2. The summed E-state index contributed by atoms with van der Waals surface area (Å²) in [5.74, 6) is -3.45. The Hall–Kier alpha value is -5.62. The molecule has 4 saturated heterocycles. The van der Waals surface area contributed by atoms with E-state index < -0.39 is 30.0 Å². The highest BCUT2D eigenvalue weighted by molar-refractivity contribution is 6.33. The van der Waals surface area contributed by atoms with Crippen molar-refractivity contribution < 1.29 is 27.5 Å². The summed E-state index contributed by atoms with van der Waals surface area (Å²) in [4.78, 5) is 54.1. The molecular weight excluding hydrogens is 887 g/mol. The van der Waals surface area contributed by atoms with Gasteiger partial charge >= 0.3 is 5.92 Å².